The van der Waals surface area contributed by atoms with Crippen LogP contribution in [0.5, 0.6) is 10.8 Å². The molecule has 0 aliphatic heterocycles. The highest BCUT2D eigenvalue weighted by Crippen LogP contribution is 2.38. The van der Waals surface area contributed by atoms with Gasteiger partial charge in [-0.15, -0.1) is 0 Å². The quantitative estimate of drug-likeness (QED) is 0.357. The molecule has 0 N–H and O–H groups in total. The number of thiophene rings is 1. The first kappa shape index (κ1) is 18.0. The second kappa shape index (κ2) is 6.37. The minimum atomic E-state index is -0.773. The van der Waals surface area contributed by atoms with Gasteiger partial charge in [0.1, 0.15) is 16.2 Å². The Morgan fingerprint density at radius 1 is 1.23 bits per heavy atom. The van der Waals surface area contributed by atoms with Gasteiger partial charge in [-0.05, 0) is 52.2 Å². The number of ether oxygens (including phenoxy) is 2. The van der Waals surface area contributed by atoms with Crippen LogP contribution < -0.4 is 9.47 Å². The summed E-state index contributed by atoms with van der Waals surface area (Å²) in [5.74, 6) is -0.977. The molecule has 0 aliphatic rings. The average Bonchev–Trinajstić information content (AvgIpc) is 2.68. The Bertz CT molecular complexity index is 631. The minimum Gasteiger partial charge on any atom is -0.486 e. The van der Waals surface area contributed by atoms with Gasteiger partial charge in [0.25, 0.3) is 5.91 Å². The zero-order valence-corrected chi connectivity index (χ0v) is 14.3. The van der Waals surface area contributed by atoms with Crippen molar-refractivity contribution in [3.05, 3.63) is 21.4 Å². The molecular formula is C14H19N3O4S. The number of hydrogen-bond acceptors (Lipinski definition) is 5. The van der Waals surface area contributed by atoms with Crippen molar-refractivity contribution in [2.45, 2.75) is 47.1 Å². The topological polar surface area (TPSA) is 101 Å². The molecular weight excluding hydrogens is 306 g/mol. The second-order valence-corrected chi connectivity index (χ2v) is 7.62. The fraction of sp³-hybridized carbons (Fsp3) is 0.571. The summed E-state index contributed by atoms with van der Waals surface area (Å²) in [4.78, 5) is 26.3. The van der Waals surface area contributed by atoms with Crippen LogP contribution in [0, 0.1) is 5.41 Å². The van der Waals surface area contributed by atoms with Gasteiger partial charge in [0.2, 0.25) is 0 Å². The van der Waals surface area contributed by atoms with E-state index >= 15 is 0 Å². The Labute approximate surface area is 132 Å². The van der Waals surface area contributed by atoms with Crippen LogP contribution in [0.3, 0.4) is 0 Å². The first-order chi connectivity index (χ1) is 9.94. The van der Waals surface area contributed by atoms with Crippen LogP contribution >= 0.6 is 11.3 Å². The summed E-state index contributed by atoms with van der Waals surface area (Å²) in [6, 6.07) is 1.46. The van der Waals surface area contributed by atoms with Crippen LogP contribution in [0.1, 0.15) is 51.2 Å². The summed E-state index contributed by atoms with van der Waals surface area (Å²) in [5, 5.41) is 3.28. The summed E-state index contributed by atoms with van der Waals surface area (Å²) in [7, 11) is 0. The molecule has 120 valence electrons. The summed E-state index contributed by atoms with van der Waals surface area (Å²) < 4.78 is 10.9. The van der Waals surface area contributed by atoms with Crippen LogP contribution in [0.25, 0.3) is 10.4 Å². The second-order valence-electron chi connectivity index (χ2n) is 6.61. The number of hydrogen-bond donors (Lipinski definition) is 0. The Morgan fingerprint density at radius 3 is 2.27 bits per heavy atom. The van der Waals surface area contributed by atoms with Gasteiger partial charge in [0, 0.05) is 11.0 Å². The highest BCUT2D eigenvalue weighted by Gasteiger charge is 2.27. The van der Waals surface area contributed by atoms with Crippen molar-refractivity contribution >= 4 is 23.2 Å². The third-order valence-electron chi connectivity index (χ3n) is 2.23. The molecule has 0 unspecified atom stereocenters. The van der Waals surface area contributed by atoms with E-state index in [-0.39, 0.29) is 15.7 Å². The van der Waals surface area contributed by atoms with Crippen LogP contribution in [-0.4, -0.2) is 17.5 Å². The number of rotatable bonds is 3. The maximum atomic E-state index is 11.9. The SMILES string of the molecule is CC(C)(C)Oc1cc(OC(=O)C(C)(C)C)sc1C(=O)N=[N+]=[N-]. The molecule has 1 amide bonds. The number of carbonyl (C=O) groups excluding carboxylic acids is 2. The van der Waals surface area contributed by atoms with Gasteiger partial charge in [-0.3, -0.25) is 9.59 Å². The van der Waals surface area contributed by atoms with Gasteiger partial charge in [0.15, 0.2) is 5.06 Å². The normalized spacial score (nSPS) is 11.5. The maximum Gasteiger partial charge on any atom is 0.317 e. The molecule has 8 heteroatoms. The van der Waals surface area contributed by atoms with E-state index in [0.717, 1.165) is 11.3 Å². The van der Waals surface area contributed by atoms with Crippen molar-refractivity contribution < 1.29 is 19.1 Å². The zero-order valence-electron chi connectivity index (χ0n) is 13.5. The lowest BCUT2D eigenvalue weighted by molar-refractivity contribution is -0.142. The molecule has 7 nitrogen and oxygen atoms in total. The molecule has 22 heavy (non-hydrogen) atoms. The predicted molar refractivity (Wildman–Crippen MR) is 83.3 cm³/mol. The van der Waals surface area contributed by atoms with E-state index in [1.165, 1.54) is 6.07 Å². The Kier molecular flexibility index (Phi) is 5.22. The first-order valence-corrected chi connectivity index (χ1v) is 7.40. The highest BCUT2D eigenvalue weighted by molar-refractivity contribution is 7.16. The van der Waals surface area contributed by atoms with E-state index < -0.39 is 22.9 Å². The van der Waals surface area contributed by atoms with Crippen molar-refractivity contribution in [1.29, 1.82) is 0 Å². The lowest BCUT2D eigenvalue weighted by atomic mass is 9.97. The lowest BCUT2D eigenvalue weighted by Gasteiger charge is -2.20. The van der Waals surface area contributed by atoms with Gasteiger partial charge < -0.3 is 9.47 Å². The number of carbonyl (C=O) groups is 2. The van der Waals surface area contributed by atoms with E-state index in [2.05, 4.69) is 10.0 Å². The Morgan fingerprint density at radius 2 is 1.82 bits per heavy atom. The summed E-state index contributed by atoms with van der Waals surface area (Å²) >= 11 is 0.910. The maximum absolute atomic E-state index is 11.9. The summed E-state index contributed by atoms with van der Waals surface area (Å²) in [6.45, 7) is 10.6. The number of nitrogens with zero attached hydrogens (tertiary/aromatic N) is 3. The van der Waals surface area contributed by atoms with Gasteiger partial charge in [-0.2, -0.15) is 0 Å². The zero-order chi connectivity index (χ0) is 17.1. The van der Waals surface area contributed by atoms with Gasteiger partial charge >= 0.3 is 5.97 Å². The van der Waals surface area contributed by atoms with Crippen LogP contribution in [0.15, 0.2) is 11.2 Å². The molecule has 0 fully saturated rings. The van der Waals surface area contributed by atoms with Crippen LogP contribution in [-0.2, 0) is 4.79 Å². The van der Waals surface area contributed by atoms with Gasteiger partial charge in [-0.1, -0.05) is 11.3 Å². The van der Waals surface area contributed by atoms with Gasteiger partial charge in [0.05, 0.1) is 5.41 Å². The van der Waals surface area contributed by atoms with Crippen molar-refractivity contribution in [3.8, 4) is 10.8 Å². The molecule has 1 aromatic rings. The van der Waals surface area contributed by atoms with Crippen molar-refractivity contribution in [3.63, 3.8) is 0 Å². The van der Waals surface area contributed by atoms with Gasteiger partial charge in [-0.25, -0.2) is 0 Å². The summed E-state index contributed by atoms with van der Waals surface area (Å²) in [5.41, 5.74) is 7.16. The molecule has 0 radical (unpaired) electrons. The monoisotopic (exact) mass is 325 g/mol. The summed E-state index contributed by atoms with van der Waals surface area (Å²) in [6.07, 6.45) is 0. The molecule has 1 aromatic heterocycles. The van der Waals surface area contributed by atoms with Crippen molar-refractivity contribution in [2.24, 2.45) is 10.5 Å². The predicted octanol–water partition coefficient (Wildman–Crippen LogP) is 4.33. The molecule has 1 heterocycles. The first-order valence-electron chi connectivity index (χ1n) is 6.58. The van der Waals surface area contributed by atoms with E-state index in [1.807, 2.05) is 20.8 Å². The largest absolute Gasteiger partial charge is 0.486 e. The average molecular weight is 325 g/mol. The molecule has 0 aliphatic carbocycles. The molecule has 0 spiro atoms. The number of azide groups is 1. The standard InChI is InChI=1S/C14H19N3O4S/c1-13(2,3)12(19)20-9-7-8(21-14(4,5)6)10(22-9)11(18)16-17-15/h7H,1-6H3. The van der Waals surface area contributed by atoms with E-state index in [9.17, 15) is 9.59 Å². The van der Waals surface area contributed by atoms with Crippen molar-refractivity contribution in [2.75, 3.05) is 0 Å². The third-order valence-corrected chi connectivity index (χ3v) is 3.21. The fourth-order valence-electron chi connectivity index (χ4n) is 1.29. The number of amides is 1. The fourth-order valence-corrected chi connectivity index (χ4v) is 2.10. The highest BCUT2D eigenvalue weighted by atomic mass is 32.1. The molecule has 0 saturated carbocycles. The van der Waals surface area contributed by atoms with E-state index in [1.54, 1.807) is 20.8 Å². The Balaban J connectivity index is 3.17. The molecule has 0 bridgehead atoms. The van der Waals surface area contributed by atoms with Crippen LogP contribution in [0.2, 0.25) is 0 Å². The minimum absolute atomic E-state index is 0.101. The smallest absolute Gasteiger partial charge is 0.317 e. The molecule has 1 rings (SSSR count). The third kappa shape index (κ3) is 5.05. The molecule has 0 aromatic carbocycles. The lowest BCUT2D eigenvalue weighted by Crippen LogP contribution is -2.25. The number of esters is 1. The van der Waals surface area contributed by atoms with E-state index in [4.69, 9.17) is 15.0 Å². The van der Waals surface area contributed by atoms with Crippen LogP contribution in [0.4, 0.5) is 0 Å². The van der Waals surface area contributed by atoms with Crippen molar-refractivity contribution in [1.82, 2.24) is 0 Å². The molecule has 0 saturated heterocycles. The van der Waals surface area contributed by atoms with E-state index in [0.29, 0.717) is 0 Å². The molecule has 0 atom stereocenters. The Hall–Kier alpha value is -2.05.